The van der Waals surface area contributed by atoms with E-state index in [9.17, 15) is 18.4 Å². The summed E-state index contributed by atoms with van der Waals surface area (Å²) in [5.41, 5.74) is 15.1. The number of anilines is 1. The molecule has 3 rings (SSSR count). The summed E-state index contributed by atoms with van der Waals surface area (Å²) in [6, 6.07) is 5.95. The first-order chi connectivity index (χ1) is 17.5. The summed E-state index contributed by atoms with van der Waals surface area (Å²) in [6.07, 6.45) is 1.79. The molecule has 0 radical (unpaired) electrons. The van der Waals surface area contributed by atoms with Crippen molar-refractivity contribution in [2.45, 2.75) is 37.4 Å². The molecule has 2 heterocycles. The first kappa shape index (κ1) is 28.3. The minimum Gasteiger partial charge on any atom is -0.423 e. The summed E-state index contributed by atoms with van der Waals surface area (Å²) in [4.78, 5) is 24.2. The Morgan fingerprint density at radius 2 is 2.05 bits per heavy atom. The van der Waals surface area contributed by atoms with Crippen molar-refractivity contribution in [3.63, 3.8) is 0 Å². The number of benzene rings is 1. The summed E-state index contributed by atoms with van der Waals surface area (Å²) in [5, 5.41) is 6.30. The van der Waals surface area contributed by atoms with Crippen LogP contribution in [0.4, 0.5) is 14.5 Å². The molecule has 2 atom stereocenters. The van der Waals surface area contributed by atoms with Gasteiger partial charge in [-0.25, -0.2) is 13.6 Å². The van der Waals surface area contributed by atoms with Crippen molar-refractivity contribution in [3.05, 3.63) is 76.3 Å². The van der Waals surface area contributed by atoms with Crippen LogP contribution in [0.2, 0.25) is 10.0 Å². The molecule has 2 aromatic rings. The lowest BCUT2D eigenvalue weighted by molar-refractivity contribution is -0.727. The average molecular weight is 556 g/mol. The van der Waals surface area contributed by atoms with Gasteiger partial charge in [0, 0.05) is 6.07 Å². The minimum atomic E-state index is -3.18. The lowest BCUT2D eigenvalue weighted by Gasteiger charge is -2.27. The number of nitrogens with two attached hydrogens (primary N) is 3. The molecule has 37 heavy (non-hydrogen) atoms. The van der Waals surface area contributed by atoms with Crippen molar-refractivity contribution in [2.75, 3.05) is 11.9 Å². The molecule has 2 unspecified atom stereocenters. The van der Waals surface area contributed by atoms with Crippen molar-refractivity contribution in [3.8, 4) is 5.75 Å². The molecule has 0 saturated heterocycles. The standard InChI is InChI=1S/C24H26Cl2F2N6O3/c1-13-10-17(32-18(11-13)34-9-2-4-14(12-34)21(30)35)33-20-15(25)5-6-16(19(20)26)37-23(36)24(31,22(27)28)7-3-8-29/h2,4-6,9-10,12,18,22,32-33H,1,3,7-8,11,29,31H2,(H-,30,35)/p+1. The number of aromatic nitrogens is 1. The number of pyridine rings is 1. The Morgan fingerprint density at radius 3 is 2.70 bits per heavy atom. The zero-order valence-corrected chi connectivity index (χ0v) is 21.2. The van der Waals surface area contributed by atoms with Crippen molar-refractivity contribution >= 4 is 40.8 Å². The van der Waals surface area contributed by atoms with Crippen LogP contribution in [0.3, 0.4) is 0 Å². The third-order valence-electron chi connectivity index (χ3n) is 5.67. The molecule has 0 aliphatic carbocycles. The number of carbonyl (C=O) groups is 2. The van der Waals surface area contributed by atoms with Gasteiger partial charge < -0.3 is 32.6 Å². The minimum absolute atomic E-state index is 0.0776. The van der Waals surface area contributed by atoms with Crippen LogP contribution in [0.25, 0.3) is 0 Å². The molecule has 1 aliphatic rings. The molecule has 13 heteroatoms. The van der Waals surface area contributed by atoms with E-state index in [1.807, 2.05) is 0 Å². The van der Waals surface area contributed by atoms with Crippen molar-refractivity contribution < 1.29 is 27.7 Å². The topological polar surface area (TPSA) is 149 Å². The molecule has 9 nitrogen and oxygen atoms in total. The van der Waals surface area contributed by atoms with E-state index < -0.39 is 23.8 Å². The van der Waals surface area contributed by atoms with Gasteiger partial charge in [0.25, 0.3) is 12.3 Å². The number of amides is 1. The predicted octanol–water partition coefficient (Wildman–Crippen LogP) is 2.99. The molecule has 0 spiro atoms. The number of halogens is 4. The van der Waals surface area contributed by atoms with E-state index in [0.29, 0.717) is 17.8 Å². The van der Waals surface area contributed by atoms with E-state index in [2.05, 4.69) is 17.2 Å². The molecular formula is C24H27Cl2F2N6O3+. The number of hydrogen-bond donors (Lipinski definition) is 5. The Bertz CT molecular complexity index is 1240. The van der Waals surface area contributed by atoms with Crippen LogP contribution in [0.1, 0.15) is 35.8 Å². The fourth-order valence-electron chi connectivity index (χ4n) is 3.62. The fourth-order valence-corrected chi connectivity index (χ4v) is 4.12. The predicted molar refractivity (Wildman–Crippen MR) is 136 cm³/mol. The van der Waals surface area contributed by atoms with Crippen LogP contribution in [-0.2, 0) is 4.79 Å². The van der Waals surface area contributed by atoms with Gasteiger partial charge in [-0.3, -0.25) is 4.79 Å². The molecule has 0 fully saturated rings. The highest BCUT2D eigenvalue weighted by Crippen LogP contribution is 2.39. The second-order valence-corrected chi connectivity index (χ2v) is 9.25. The highest BCUT2D eigenvalue weighted by Gasteiger charge is 2.45. The second kappa shape index (κ2) is 11.9. The monoisotopic (exact) mass is 555 g/mol. The number of nitrogens with zero attached hydrogens (tertiary/aromatic N) is 1. The molecule has 0 bridgehead atoms. The van der Waals surface area contributed by atoms with Crippen molar-refractivity contribution in [1.29, 1.82) is 0 Å². The van der Waals surface area contributed by atoms with Gasteiger partial charge in [0.05, 0.1) is 17.1 Å². The molecule has 0 saturated carbocycles. The van der Waals surface area contributed by atoms with E-state index >= 15 is 0 Å². The van der Waals surface area contributed by atoms with Gasteiger partial charge in [-0.15, -0.1) is 0 Å². The first-order valence-corrected chi connectivity index (χ1v) is 11.9. The molecule has 198 valence electrons. The molecule has 1 amide bonds. The quantitative estimate of drug-likeness (QED) is 0.172. The Labute approximate surface area is 222 Å². The summed E-state index contributed by atoms with van der Waals surface area (Å²) in [7, 11) is 0. The van der Waals surface area contributed by atoms with Crippen LogP contribution in [-0.4, -0.2) is 30.4 Å². The Morgan fingerprint density at radius 1 is 1.32 bits per heavy atom. The van der Waals surface area contributed by atoms with Gasteiger partial charge in [0.1, 0.15) is 16.4 Å². The summed E-state index contributed by atoms with van der Waals surface area (Å²) in [6.45, 7) is 4.10. The smallest absolute Gasteiger partial charge is 0.337 e. The van der Waals surface area contributed by atoms with Gasteiger partial charge in [0.15, 0.2) is 23.7 Å². The Balaban J connectivity index is 1.84. The number of hydrogen-bond acceptors (Lipinski definition) is 7. The van der Waals surface area contributed by atoms with E-state index in [0.717, 1.165) is 5.57 Å². The van der Waals surface area contributed by atoms with Crippen LogP contribution in [0.5, 0.6) is 5.75 Å². The summed E-state index contributed by atoms with van der Waals surface area (Å²) >= 11 is 12.8. The van der Waals surface area contributed by atoms with Crippen LogP contribution in [0, 0.1) is 0 Å². The van der Waals surface area contributed by atoms with Gasteiger partial charge in [-0.05, 0) is 49.2 Å². The van der Waals surface area contributed by atoms with Gasteiger partial charge in [-0.1, -0.05) is 29.8 Å². The molecular weight excluding hydrogens is 529 g/mol. The maximum absolute atomic E-state index is 13.6. The molecule has 1 aliphatic heterocycles. The number of esters is 1. The summed E-state index contributed by atoms with van der Waals surface area (Å²) < 4.78 is 34.2. The summed E-state index contributed by atoms with van der Waals surface area (Å²) in [5.74, 6) is -1.69. The maximum atomic E-state index is 13.6. The molecule has 1 aromatic heterocycles. The zero-order valence-electron chi connectivity index (χ0n) is 19.6. The largest absolute Gasteiger partial charge is 0.423 e. The van der Waals surface area contributed by atoms with E-state index in [1.54, 1.807) is 35.2 Å². The second-order valence-electron chi connectivity index (χ2n) is 8.47. The van der Waals surface area contributed by atoms with E-state index in [4.69, 9.17) is 45.1 Å². The Kier molecular flexibility index (Phi) is 9.08. The third-order valence-corrected chi connectivity index (χ3v) is 6.36. The Hall–Kier alpha value is -3.25. The number of ether oxygens (including phenoxy) is 1. The van der Waals surface area contributed by atoms with E-state index in [-0.39, 0.29) is 47.0 Å². The van der Waals surface area contributed by atoms with Crippen LogP contribution < -0.4 is 37.1 Å². The number of rotatable bonds is 10. The third kappa shape index (κ3) is 6.55. The van der Waals surface area contributed by atoms with Gasteiger partial charge in [-0.2, -0.15) is 4.57 Å². The fraction of sp³-hybridized carbons (Fsp3) is 0.292. The zero-order chi connectivity index (χ0) is 27.3. The van der Waals surface area contributed by atoms with Crippen LogP contribution >= 0.6 is 23.2 Å². The first-order valence-electron chi connectivity index (χ1n) is 11.2. The maximum Gasteiger partial charge on any atom is 0.337 e. The number of allylic oxidation sites excluding steroid dienone is 1. The van der Waals surface area contributed by atoms with Crippen LogP contribution in [0.15, 0.2) is 60.7 Å². The molecule has 1 aromatic carbocycles. The van der Waals surface area contributed by atoms with Crippen molar-refractivity contribution in [2.24, 2.45) is 17.2 Å². The highest BCUT2D eigenvalue weighted by molar-refractivity contribution is 6.40. The lowest BCUT2D eigenvalue weighted by atomic mass is 9.95. The lowest BCUT2D eigenvalue weighted by Crippen LogP contribution is -2.56. The number of nitrogens with one attached hydrogen (secondary N) is 2. The van der Waals surface area contributed by atoms with Gasteiger partial charge >= 0.3 is 5.97 Å². The average Bonchev–Trinajstić information content (AvgIpc) is 2.86. The molecule has 8 N–H and O–H groups in total. The SMILES string of the molecule is C=C1C=C(Nc2c(Cl)ccc(OC(=O)C(N)(CCCN)C(F)F)c2Cl)NC([n+]2cccc(C(N)=O)c2)C1. The highest BCUT2D eigenvalue weighted by atomic mass is 35.5. The van der Waals surface area contributed by atoms with Crippen molar-refractivity contribution in [1.82, 2.24) is 5.32 Å². The van der Waals surface area contributed by atoms with E-state index in [1.165, 1.54) is 12.1 Å². The number of primary amides is 1. The number of carbonyl (C=O) groups excluding carboxylic acids is 2. The number of alkyl halides is 2. The van der Waals surface area contributed by atoms with Gasteiger partial charge in [0.2, 0.25) is 6.17 Å². The normalized spacial score (nSPS) is 17.0.